The number of benzene rings is 2. The van der Waals surface area contributed by atoms with Crippen LogP contribution in [0.4, 0.5) is 5.69 Å². The fraction of sp³-hybridized carbons (Fsp3) is 0.211. The Morgan fingerprint density at radius 2 is 2.00 bits per heavy atom. The lowest BCUT2D eigenvalue weighted by atomic mass is 10.1. The summed E-state index contributed by atoms with van der Waals surface area (Å²) in [6, 6.07) is 13.8. The lowest BCUT2D eigenvalue weighted by Crippen LogP contribution is -2.30. The van der Waals surface area contributed by atoms with Gasteiger partial charge in [-0.3, -0.25) is 9.59 Å². The summed E-state index contributed by atoms with van der Waals surface area (Å²) in [7, 11) is 1.58. The first kappa shape index (κ1) is 17.5. The van der Waals surface area contributed by atoms with Gasteiger partial charge in [0.25, 0.3) is 0 Å². The lowest BCUT2D eigenvalue weighted by molar-refractivity contribution is -0.126. The molecular formula is C19H19N3O4. The molecule has 1 heterocycles. The summed E-state index contributed by atoms with van der Waals surface area (Å²) >= 11 is 0. The number of hydrogen-bond acceptors (Lipinski definition) is 5. The molecule has 0 aliphatic carbocycles. The summed E-state index contributed by atoms with van der Waals surface area (Å²) in [5.41, 5.74) is 3.65. The molecule has 2 amide bonds. The number of carbonyl (C=O) groups is 2. The van der Waals surface area contributed by atoms with Crippen molar-refractivity contribution in [2.75, 3.05) is 18.6 Å². The van der Waals surface area contributed by atoms with E-state index in [-0.39, 0.29) is 24.0 Å². The minimum Gasteiger partial charge on any atom is -0.507 e. The Balaban J connectivity index is 1.60. The second-order valence-corrected chi connectivity index (χ2v) is 5.90. The average molecular weight is 353 g/mol. The normalized spacial score (nSPS) is 16.9. The molecule has 26 heavy (non-hydrogen) atoms. The van der Waals surface area contributed by atoms with Crippen molar-refractivity contribution in [3.8, 4) is 11.5 Å². The van der Waals surface area contributed by atoms with Crippen LogP contribution in [0.25, 0.3) is 0 Å². The number of carbonyl (C=O) groups excluding carboxylic acids is 2. The predicted molar refractivity (Wildman–Crippen MR) is 97.3 cm³/mol. The highest BCUT2D eigenvalue weighted by atomic mass is 16.5. The van der Waals surface area contributed by atoms with E-state index < -0.39 is 5.92 Å². The van der Waals surface area contributed by atoms with Crippen LogP contribution in [-0.2, 0) is 9.59 Å². The third kappa shape index (κ3) is 3.83. The van der Waals surface area contributed by atoms with E-state index in [1.807, 2.05) is 0 Å². The first-order valence-electron chi connectivity index (χ1n) is 8.14. The Labute approximate surface area is 150 Å². The molecule has 1 atom stereocenters. The number of hydrazone groups is 1. The van der Waals surface area contributed by atoms with E-state index in [1.54, 1.807) is 54.5 Å². The van der Waals surface area contributed by atoms with E-state index in [4.69, 9.17) is 4.74 Å². The third-order valence-electron chi connectivity index (χ3n) is 4.20. The number of nitrogens with zero attached hydrogens (tertiary/aromatic N) is 2. The average Bonchev–Trinajstić information content (AvgIpc) is 3.05. The molecule has 1 fully saturated rings. The Kier molecular flexibility index (Phi) is 5.17. The minimum absolute atomic E-state index is 0.0761. The van der Waals surface area contributed by atoms with Crippen LogP contribution >= 0.6 is 0 Å². The molecule has 0 bridgehead atoms. The summed E-state index contributed by atoms with van der Waals surface area (Å²) < 4.78 is 5.11. The van der Waals surface area contributed by atoms with Gasteiger partial charge in [0.2, 0.25) is 11.8 Å². The van der Waals surface area contributed by atoms with Crippen molar-refractivity contribution in [2.24, 2.45) is 11.0 Å². The molecule has 0 radical (unpaired) electrons. The van der Waals surface area contributed by atoms with Gasteiger partial charge >= 0.3 is 0 Å². The molecule has 7 nitrogen and oxygen atoms in total. The number of hydrogen-bond donors (Lipinski definition) is 2. The maximum absolute atomic E-state index is 12.3. The SMILES string of the molecule is COc1ccc(N2CC(C(=O)N/N=C/c3ccccc3O)CC2=O)cc1. The maximum Gasteiger partial charge on any atom is 0.245 e. The number of methoxy groups -OCH3 is 1. The standard InChI is InChI=1S/C19H19N3O4/c1-26-16-8-6-15(7-9-16)22-12-14(10-18(22)24)19(25)21-20-11-13-4-2-3-5-17(13)23/h2-9,11,14,23H,10,12H2,1H3,(H,21,25)/b20-11+. The van der Waals surface area contributed by atoms with Crippen LogP contribution < -0.4 is 15.1 Å². The summed E-state index contributed by atoms with van der Waals surface area (Å²) in [4.78, 5) is 26.1. The van der Waals surface area contributed by atoms with Gasteiger partial charge in [-0.25, -0.2) is 5.43 Å². The van der Waals surface area contributed by atoms with Crippen LogP contribution in [0.5, 0.6) is 11.5 Å². The fourth-order valence-corrected chi connectivity index (χ4v) is 2.75. The maximum atomic E-state index is 12.3. The smallest absolute Gasteiger partial charge is 0.245 e. The molecular weight excluding hydrogens is 334 g/mol. The van der Waals surface area contributed by atoms with Crippen molar-refractivity contribution >= 4 is 23.7 Å². The zero-order valence-electron chi connectivity index (χ0n) is 14.3. The number of para-hydroxylation sites is 1. The molecule has 7 heteroatoms. The first-order valence-corrected chi connectivity index (χ1v) is 8.14. The molecule has 1 aliphatic rings. The summed E-state index contributed by atoms with van der Waals surface area (Å²) in [5, 5.41) is 13.5. The first-order chi connectivity index (χ1) is 12.6. The number of anilines is 1. The lowest BCUT2D eigenvalue weighted by Gasteiger charge is -2.16. The summed E-state index contributed by atoms with van der Waals surface area (Å²) in [6.45, 7) is 0.295. The van der Waals surface area contributed by atoms with E-state index in [9.17, 15) is 14.7 Å². The Hall–Kier alpha value is -3.35. The fourth-order valence-electron chi connectivity index (χ4n) is 2.75. The number of nitrogens with one attached hydrogen (secondary N) is 1. The number of phenolic OH excluding ortho intramolecular Hbond substituents is 1. The number of ether oxygens (including phenoxy) is 1. The van der Waals surface area contributed by atoms with Gasteiger partial charge in [-0.05, 0) is 36.4 Å². The molecule has 1 aliphatic heterocycles. The Morgan fingerprint density at radius 3 is 2.69 bits per heavy atom. The van der Waals surface area contributed by atoms with Gasteiger partial charge in [-0.15, -0.1) is 0 Å². The number of phenols is 1. The highest BCUT2D eigenvalue weighted by Crippen LogP contribution is 2.26. The van der Waals surface area contributed by atoms with Crippen molar-refractivity contribution in [1.82, 2.24) is 5.43 Å². The molecule has 0 aromatic heterocycles. The number of amides is 2. The molecule has 0 saturated carbocycles. The van der Waals surface area contributed by atoms with Gasteiger partial charge in [0.05, 0.1) is 19.2 Å². The zero-order chi connectivity index (χ0) is 18.5. The second-order valence-electron chi connectivity index (χ2n) is 5.90. The van der Waals surface area contributed by atoms with Crippen LogP contribution in [0.15, 0.2) is 53.6 Å². The van der Waals surface area contributed by atoms with Crippen molar-refractivity contribution in [2.45, 2.75) is 6.42 Å². The molecule has 0 spiro atoms. The van der Waals surface area contributed by atoms with Crippen LogP contribution in [0.3, 0.4) is 0 Å². The third-order valence-corrected chi connectivity index (χ3v) is 4.20. The van der Waals surface area contributed by atoms with Crippen LogP contribution in [0.1, 0.15) is 12.0 Å². The van der Waals surface area contributed by atoms with Gasteiger partial charge in [-0.1, -0.05) is 12.1 Å². The van der Waals surface area contributed by atoms with E-state index in [1.165, 1.54) is 12.3 Å². The Morgan fingerprint density at radius 1 is 1.27 bits per heavy atom. The van der Waals surface area contributed by atoms with E-state index >= 15 is 0 Å². The van der Waals surface area contributed by atoms with E-state index in [0.717, 1.165) is 5.69 Å². The van der Waals surface area contributed by atoms with Gasteiger partial charge in [0, 0.05) is 24.2 Å². The van der Waals surface area contributed by atoms with Crippen LogP contribution in [-0.4, -0.2) is 36.8 Å². The predicted octanol–water partition coefficient (Wildman–Crippen LogP) is 1.90. The quantitative estimate of drug-likeness (QED) is 0.634. The molecule has 1 saturated heterocycles. The molecule has 134 valence electrons. The monoisotopic (exact) mass is 353 g/mol. The van der Waals surface area contributed by atoms with Crippen molar-refractivity contribution in [3.63, 3.8) is 0 Å². The van der Waals surface area contributed by atoms with Crippen LogP contribution in [0.2, 0.25) is 0 Å². The van der Waals surface area contributed by atoms with Crippen molar-refractivity contribution in [3.05, 3.63) is 54.1 Å². The topological polar surface area (TPSA) is 91.2 Å². The highest BCUT2D eigenvalue weighted by Gasteiger charge is 2.35. The Bertz CT molecular complexity index is 833. The van der Waals surface area contributed by atoms with Gasteiger partial charge in [0.1, 0.15) is 11.5 Å². The summed E-state index contributed by atoms with van der Waals surface area (Å²) in [6.07, 6.45) is 1.50. The number of aromatic hydroxyl groups is 1. The molecule has 2 aromatic carbocycles. The second kappa shape index (κ2) is 7.69. The molecule has 2 N–H and O–H groups in total. The highest BCUT2D eigenvalue weighted by molar-refractivity contribution is 6.00. The van der Waals surface area contributed by atoms with Gasteiger partial charge in [0.15, 0.2) is 0 Å². The molecule has 3 rings (SSSR count). The van der Waals surface area contributed by atoms with Crippen molar-refractivity contribution in [1.29, 1.82) is 0 Å². The number of rotatable bonds is 5. The van der Waals surface area contributed by atoms with Crippen LogP contribution in [0, 0.1) is 5.92 Å². The molecule has 1 unspecified atom stereocenters. The van der Waals surface area contributed by atoms with Crippen molar-refractivity contribution < 1.29 is 19.4 Å². The molecule has 2 aromatic rings. The van der Waals surface area contributed by atoms with Gasteiger partial charge < -0.3 is 14.7 Å². The largest absolute Gasteiger partial charge is 0.507 e. The minimum atomic E-state index is -0.480. The van der Waals surface area contributed by atoms with E-state index in [0.29, 0.717) is 17.9 Å². The van der Waals surface area contributed by atoms with Gasteiger partial charge in [-0.2, -0.15) is 5.10 Å². The zero-order valence-corrected chi connectivity index (χ0v) is 14.3. The summed E-state index contributed by atoms with van der Waals surface area (Å²) in [5.74, 6) is -0.146. The van der Waals surface area contributed by atoms with E-state index in [2.05, 4.69) is 10.5 Å².